The van der Waals surface area contributed by atoms with E-state index in [4.69, 9.17) is 4.74 Å². The van der Waals surface area contributed by atoms with Crippen molar-refractivity contribution in [2.75, 3.05) is 17.3 Å². The number of para-hydroxylation sites is 2. The SMILES string of the molecule is COc1cccc(C(=O)[C@@H]2[C@H](C(=O)c3ccc(F)cc3)[C@@]3(C(=O)Nc4ccccc43)[C@H]3C=Cc4ccccc4N23)c1. The first-order valence-corrected chi connectivity index (χ1v) is 13.4. The van der Waals surface area contributed by atoms with Gasteiger partial charge in [0.05, 0.1) is 19.1 Å². The number of fused-ring (bicyclic) bond motifs is 6. The van der Waals surface area contributed by atoms with Gasteiger partial charge in [-0.3, -0.25) is 14.4 Å². The molecule has 6 nitrogen and oxygen atoms in total. The molecule has 0 bridgehead atoms. The zero-order chi connectivity index (χ0) is 28.3. The Morgan fingerprint density at radius 3 is 2.44 bits per heavy atom. The highest BCUT2D eigenvalue weighted by Gasteiger charge is 2.70. The quantitative estimate of drug-likeness (QED) is 0.327. The van der Waals surface area contributed by atoms with Crippen LogP contribution in [0.3, 0.4) is 0 Å². The van der Waals surface area contributed by atoms with Crippen molar-refractivity contribution in [3.8, 4) is 5.75 Å². The van der Waals surface area contributed by atoms with E-state index >= 15 is 0 Å². The van der Waals surface area contributed by atoms with Crippen LogP contribution < -0.4 is 15.0 Å². The molecule has 7 heteroatoms. The Bertz CT molecular complexity index is 1760. The first-order chi connectivity index (χ1) is 19.9. The average Bonchev–Trinajstić information content (AvgIpc) is 3.49. The van der Waals surface area contributed by atoms with Crippen LogP contribution in [-0.4, -0.2) is 36.7 Å². The number of carbonyl (C=O) groups is 3. The number of ketones is 2. The standard InChI is InChI=1S/C34H25FN2O4/c1-41-24-9-6-8-22(19-24)32(39)30-29(31(38)21-13-16-23(35)17-14-21)34(25-10-3-4-11-26(25)36-33(34)40)28-18-15-20-7-2-5-12-27(20)37(28)30/h2-19,28-30H,1H3,(H,36,40)/t28-,29-,30+,34+/m1/s1. The summed E-state index contributed by atoms with van der Waals surface area (Å²) in [6.07, 6.45) is 3.87. The number of Topliss-reactive ketones (excluding diaryl/α,β-unsaturated/α-hetero) is 2. The highest BCUT2D eigenvalue weighted by molar-refractivity contribution is 6.18. The maximum atomic E-state index is 14.7. The lowest BCUT2D eigenvalue weighted by Gasteiger charge is -2.37. The number of methoxy groups -OCH3 is 1. The molecular formula is C34H25FN2O4. The fourth-order valence-electron chi connectivity index (χ4n) is 6.86. The summed E-state index contributed by atoms with van der Waals surface area (Å²) >= 11 is 0. The van der Waals surface area contributed by atoms with Gasteiger partial charge in [0, 0.05) is 22.5 Å². The molecule has 7 rings (SSSR count). The van der Waals surface area contributed by atoms with E-state index in [0.29, 0.717) is 22.6 Å². The van der Waals surface area contributed by atoms with Gasteiger partial charge in [-0.2, -0.15) is 0 Å². The molecule has 0 radical (unpaired) electrons. The number of anilines is 2. The van der Waals surface area contributed by atoms with Crippen LogP contribution in [-0.2, 0) is 10.2 Å². The molecule has 0 saturated carbocycles. The highest BCUT2D eigenvalue weighted by Crippen LogP contribution is 2.58. The normalized spacial score (nSPS) is 23.5. The average molecular weight is 545 g/mol. The molecule has 202 valence electrons. The number of amides is 1. The minimum atomic E-state index is -1.43. The Morgan fingerprint density at radius 2 is 1.63 bits per heavy atom. The van der Waals surface area contributed by atoms with Crippen LogP contribution in [0.5, 0.6) is 5.75 Å². The summed E-state index contributed by atoms with van der Waals surface area (Å²) in [5.41, 5.74) is 2.07. The van der Waals surface area contributed by atoms with Gasteiger partial charge in [0.25, 0.3) is 0 Å². The van der Waals surface area contributed by atoms with Crippen LogP contribution in [0, 0.1) is 11.7 Å². The number of nitrogens with one attached hydrogen (secondary N) is 1. The molecule has 1 amide bonds. The van der Waals surface area contributed by atoms with Gasteiger partial charge >= 0.3 is 0 Å². The number of benzene rings is 4. The molecule has 4 atom stereocenters. The number of nitrogens with zero attached hydrogens (tertiary/aromatic N) is 1. The summed E-state index contributed by atoms with van der Waals surface area (Å²) in [7, 11) is 1.52. The van der Waals surface area contributed by atoms with Crippen molar-refractivity contribution < 1.29 is 23.5 Å². The van der Waals surface area contributed by atoms with E-state index in [1.807, 2.05) is 65.6 Å². The number of halogens is 1. The minimum absolute atomic E-state index is 0.230. The van der Waals surface area contributed by atoms with Crippen molar-refractivity contribution in [3.05, 3.63) is 131 Å². The molecular weight excluding hydrogens is 519 g/mol. The molecule has 1 saturated heterocycles. The number of carbonyl (C=O) groups excluding carboxylic acids is 3. The van der Waals surface area contributed by atoms with Crippen LogP contribution in [0.25, 0.3) is 6.08 Å². The van der Waals surface area contributed by atoms with Crippen LogP contribution in [0.15, 0.2) is 103 Å². The van der Waals surface area contributed by atoms with Gasteiger partial charge in [0.2, 0.25) is 5.91 Å². The Balaban J connectivity index is 1.53. The van der Waals surface area contributed by atoms with Gasteiger partial charge in [-0.1, -0.05) is 60.7 Å². The van der Waals surface area contributed by atoms with E-state index in [1.54, 1.807) is 24.3 Å². The Morgan fingerprint density at radius 1 is 0.878 bits per heavy atom. The summed E-state index contributed by atoms with van der Waals surface area (Å²) in [5.74, 6) is -2.17. The molecule has 0 aromatic heterocycles. The van der Waals surface area contributed by atoms with Crippen molar-refractivity contribution in [3.63, 3.8) is 0 Å². The second kappa shape index (κ2) is 9.27. The van der Waals surface area contributed by atoms with E-state index in [9.17, 15) is 18.8 Å². The largest absolute Gasteiger partial charge is 0.497 e. The van der Waals surface area contributed by atoms with Crippen molar-refractivity contribution >= 4 is 34.9 Å². The zero-order valence-corrected chi connectivity index (χ0v) is 22.1. The molecule has 3 aliphatic rings. The van der Waals surface area contributed by atoms with E-state index in [0.717, 1.165) is 11.3 Å². The lowest BCUT2D eigenvalue weighted by molar-refractivity contribution is -0.121. The molecule has 3 aliphatic heterocycles. The smallest absolute Gasteiger partial charge is 0.238 e. The predicted molar refractivity (Wildman–Crippen MR) is 154 cm³/mol. The second-order valence-electron chi connectivity index (χ2n) is 10.5. The highest BCUT2D eigenvalue weighted by atomic mass is 19.1. The van der Waals surface area contributed by atoms with Crippen LogP contribution in [0.2, 0.25) is 0 Å². The first-order valence-electron chi connectivity index (χ1n) is 13.4. The summed E-state index contributed by atoms with van der Waals surface area (Å²) in [6.45, 7) is 0. The summed E-state index contributed by atoms with van der Waals surface area (Å²) < 4.78 is 19.3. The molecule has 1 N–H and O–H groups in total. The van der Waals surface area contributed by atoms with Crippen molar-refractivity contribution in [1.29, 1.82) is 0 Å². The zero-order valence-electron chi connectivity index (χ0n) is 22.1. The van der Waals surface area contributed by atoms with Gasteiger partial charge in [-0.25, -0.2) is 4.39 Å². The topological polar surface area (TPSA) is 75.7 Å². The van der Waals surface area contributed by atoms with Crippen LogP contribution in [0.1, 0.15) is 31.8 Å². The van der Waals surface area contributed by atoms with Gasteiger partial charge < -0.3 is 15.0 Å². The maximum absolute atomic E-state index is 14.7. The van der Waals surface area contributed by atoms with Crippen LogP contribution >= 0.6 is 0 Å². The molecule has 1 spiro atoms. The number of hydrogen-bond donors (Lipinski definition) is 1. The van der Waals surface area contributed by atoms with Gasteiger partial charge in [0.1, 0.15) is 23.0 Å². The third kappa shape index (κ3) is 3.51. The fraction of sp³-hybridized carbons (Fsp3) is 0.147. The van der Waals surface area contributed by atoms with E-state index < -0.39 is 35.0 Å². The molecule has 0 unspecified atom stereocenters. The van der Waals surface area contributed by atoms with E-state index in [2.05, 4.69) is 5.32 Å². The Hall–Kier alpha value is -5.04. The van der Waals surface area contributed by atoms with Crippen molar-refractivity contribution in [2.24, 2.45) is 5.92 Å². The molecule has 0 aliphatic carbocycles. The second-order valence-corrected chi connectivity index (χ2v) is 10.5. The van der Waals surface area contributed by atoms with Crippen molar-refractivity contribution in [1.82, 2.24) is 0 Å². The lowest BCUT2D eigenvalue weighted by Crippen LogP contribution is -2.51. The number of ether oxygens (including phenoxy) is 1. The van der Waals surface area contributed by atoms with Gasteiger partial charge in [0.15, 0.2) is 11.6 Å². The fourth-order valence-corrected chi connectivity index (χ4v) is 6.86. The summed E-state index contributed by atoms with van der Waals surface area (Å²) in [5, 5.41) is 3.01. The number of rotatable bonds is 5. The third-order valence-electron chi connectivity index (χ3n) is 8.58. The number of hydrogen-bond acceptors (Lipinski definition) is 5. The minimum Gasteiger partial charge on any atom is -0.497 e. The Labute approximate surface area is 236 Å². The summed E-state index contributed by atoms with van der Waals surface area (Å²) in [4.78, 5) is 45.6. The first kappa shape index (κ1) is 25.0. The predicted octanol–water partition coefficient (Wildman–Crippen LogP) is 5.69. The summed E-state index contributed by atoms with van der Waals surface area (Å²) in [6, 6.07) is 25.4. The monoisotopic (exact) mass is 544 g/mol. The van der Waals surface area contributed by atoms with Crippen LogP contribution in [0.4, 0.5) is 15.8 Å². The maximum Gasteiger partial charge on any atom is 0.238 e. The van der Waals surface area contributed by atoms with E-state index in [1.165, 1.54) is 31.4 Å². The Kier molecular flexibility index (Phi) is 5.64. The lowest BCUT2D eigenvalue weighted by atomic mass is 9.64. The van der Waals surface area contributed by atoms with Gasteiger partial charge in [-0.15, -0.1) is 0 Å². The molecule has 4 aromatic rings. The molecule has 41 heavy (non-hydrogen) atoms. The van der Waals surface area contributed by atoms with E-state index in [-0.39, 0.29) is 17.3 Å². The van der Waals surface area contributed by atoms with Crippen molar-refractivity contribution in [2.45, 2.75) is 17.5 Å². The van der Waals surface area contributed by atoms with Gasteiger partial charge in [-0.05, 0) is 59.7 Å². The third-order valence-corrected chi connectivity index (χ3v) is 8.58. The molecule has 4 aromatic carbocycles. The molecule has 1 fully saturated rings. The molecule has 3 heterocycles.